The van der Waals surface area contributed by atoms with Gasteiger partial charge in [-0.2, -0.15) is 4.31 Å². The summed E-state index contributed by atoms with van der Waals surface area (Å²) < 4.78 is 40.2. The number of piperidine rings is 1. The van der Waals surface area contributed by atoms with Gasteiger partial charge in [-0.05, 0) is 31.4 Å². The fourth-order valence-electron chi connectivity index (χ4n) is 4.35. The molecule has 4 rings (SSSR count). The lowest BCUT2D eigenvalue weighted by Gasteiger charge is -2.45. The van der Waals surface area contributed by atoms with E-state index in [1.807, 2.05) is 12.1 Å². The number of rotatable bonds is 5. The van der Waals surface area contributed by atoms with Gasteiger partial charge in [-0.15, -0.1) is 0 Å². The van der Waals surface area contributed by atoms with Crippen molar-refractivity contribution in [2.75, 3.05) is 40.4 Å². The minimum atomic E-state index is -3.65. The zero-order valence-electron chi connectivity index (χ0n) is 18.0. The SMILES string of the molecule is CN(C)C(=O)COC1CCOC2(CCN(S(=O)(=O)c3cccc4cccnc34)CC2)C1. The number of hydrogen-bond acceptors (Lipinski definition) is 6. The molecule has 0 N–H and O–H groups in total. The summed E-state index contributed by atoms with van der Waals surface area (Å²) in [6, 6.07) is 8.91. The number of hydrogen-bond donors (Lipinski definition) is 0. The summed E-state index contributed by atoms with van der Waals surface area (Å²) in [5.41, 5.74) is 0.103. The summed E-state index contributed by atoms with van der Waals surface area (Å²) in [6.45, 7) is 1.38. The second-order valence-corrected chi connectivity index (χ2v) is 10.4. The Kier molecular flexibility index (Phi) is 6.30. The number of carbonyl (C=O) groups is 1. The molecule has 1 unspecified atom stereocenters. The zero-order chi connectivity index (χ0) is 22.1. The highest BCUT2D eigenvalue weighted by atomic mass is 32.2. The van der Waals surface area contributed by atoms with Gasteiger partial charge < -0.3 is 14.4 Å². The van der Waals surface area contributed by atoms with E-state index in [1.165, 1.54) is 9.21 Å². The molecule has 1 aromatic carbocycles. The third kappa shape index (κ3) is 4.59. The van der Waals surface area contributed by atoms with Crippen LogP contribution in [0.15, 0.2) is 41.4 Å². The van der Waals surface area contributed by atoms with E-state index in [0.717, 1.165) is 11.8 Å². The van der Waals surface area contributed by atoms with Crippen molar-refractivity contribution in [1.29, 1.82) is 0 Å². The molecule has 3 heterocycles. The van der Waals surface area contributed by atoms with Gasteiger partial charge in [-0.1, -0.05) is 18.2 Å². The summed E-state index contributed by atoms with van der Waals surface area (Å²) in [5.74, 6) is -0.0647. The first-order chi connectivity index (χ1) is 14.8. The number of fused-ring (bicyclic) bond motifs is 1. The number of benzene rings is 1. The quantitative estimate of drug-likeness (QED) is 0.697. The van der Waals surface area contributed by atoms with Gasteiger partial charge in [-0.3, -0.25) is 9.78 Å². The minimum Gasteiger partial charge on any atom is -0.375 e. The molecule has 2 fully saturated rings. The number of aromatic nitrogens is 1. The molecule has 31 heavy (non-hydrogen) atoms. The molecule has 8 nitrogen and oxygen atoms in total. The lowest BCUT2D eigenvalue weighted by atomic mass is 9.84. The maximum absolute atomic E-state index is 13.4. The van der Waals surface area contributed by atoms with E-state index in [-0.39, 0.29) is 23.5 Å². The topological polar surface area (TPSA) is 89.0 Å². The van der Waals surface area contributed by atoms with Gasteiger partial charge in [0, 0.05) is 51.8 Å². The number of pyridine rings is 1. The Hall–Kier alpha value is -2.07. The largest absolute Gasteiger partial charge is 0.375 e. The molecule has 2 aliphatic rings. The van der Waals surface area contributed by atoms with Crippen molar-refractivity contribution in [3.8, 4) is 0 Å². The van der Waals surface area contributed by atoms with E-state index in [9.17, 15) is 13.2 Å². The van der Waals surface area contributed by atoms with Crippen LogP contribution in [0.3, 0.4) is 0 Å². The van der Waals surface area contributed by atoms with Crippen LogP contribution >= 0.6 is 0 Å². The maximum atomic E-state index is 13.4. The van der Waals surface area contributed by atoms with Crippen LogP contribution in [0, 0.1) is 0 Å². The third-order valence-corrected chi connectivity index (χ3v) is 8.17. The number of likely N-dealkylation sites (N-methyl/N-ethyl adjacent to an activating group) is 1. The second kappa shape index (κ2) is 8.82. The van der Waals surface area contributed by atoms with Gasteiger partial charge in [0.1, 0.15) is 11.5 Å². The Morgan fingerprint density at radius 3 is 2.74 bits per heavy atom. The number of ether oxygens (including phenoxy) is 2. The van der Waals surface area contributed by atoms with Crippen LogP contribution in [0.1, 0.15) is 25.7 Å². The molecular weight excluding hydrogens is 418 g/mol. The molecule has 9 heteroatoms. The Bertz CT molecular complexity index is 1040. The van der Waals surface area contributed by atoms with E-state index >= 15 is 0 Å². The van der Waals surface area contributed by atoms with Crippen molar-refractivity contribution >= 4 is 26.8 Å². The minimum absolute atomic E-state index is 0.0527. The Morgan fingerprint density at radius 1 is 1.26 bits per heavy atom. The Labute approximate surface area is 183 Å². The van der Waals surface area contributed by atoms with Crippen molar-refractivity contribution < 1.29 is 22.7 Å². The molecule has 0 radical (unpaired) electrons. The smallest absolute Gasteiger partial charge is 0.248 e. The second-order valence-electron chi connectivity index (χ2n) is 8.48. The number of para-hydroxylation sites is 1. The van der Waals surface area contributed by atoms with Crippen LogP contribution in [-0.4, -0.2) is 80.6 Å². The van der Waals surface area contributed by atoms with Gasteiger partial charge in [0.2, 0.25) is 15.9 Å². The van der Waals surface area contributed by atoms with Crippen LogP contribution in [0.25, 0.3) is 10.9 Å². The molecule has 1 spiro atoms. The number of carbonyl (C=O) groups excluding carboxylic acids is 1. The summed E-state index contributed by atoms with van der Waals surface area (Å²) in [4.78, 5) is 17.9. The summed E-state index contributed by atoms with van der Waals surface area (Å²) in [6.07, 6.45) is 4.19. The molecule has 0 aliphatic carbocycles. The molecule has 1 atom stereocenters. The van der Waals surface area contributed by atoms with E-state index < -0.39 is 15.6 Å². The van der Waals surface area contributed by atoms with E-state index in [1.54, 1.807) is 38.5 Å². The van der Waals surface area contributed by atoms with Crippen molar-refractivity contribution in [1.82, 2.24) is 14.2 Å². The normalized spacial score (nSPS) is 21.9. The van der Waals surface area contributed by atoms with Crippen LogP contribution in [0.5, 0.6) is 0 Å². The summed E-state index contributed by atoms with van der Waals surface area (Å²) in [7, 11) is -0.240. The fourth-order valence-corrected chi connectivity index (χ4v) is 5.96. The number of nitrogens with zero attached hydrogens (tertiary/aromatic N) is 3. The predicted octanol–water partition coefficient (Wildman–Crippen LogP) is 2.04. The molecule has 2 aliphatic heterocycles. The van der Waals surface area contributed by atoms with Crippen LogP contribution < -0.4 is 0 Å². The Morgan fingerprint density at radius 2 is 2.00 bits per heavy atom. The van der Waals surface area contributed by atoms with Crippen molar-refractivity contribution in [2.24, 2.45) is 0 Å². The van der Waals surface area contributed by atoms with Crippen LogP contribution in [0.4, 0.5) is 0 Å². The zero-order valence-corrected chi connectivity index (χ0v) is 18.8. The lowest BCUT2D eigenvalue weighted by molar-refractivity contribution is -0.159. The average Bonchev–Trinajstić information content (AvgIpc) is 2.77. The highest BCUT2D eigenvalue weighted by Gasteiger charge is 2.43. The van der Waals surface area contributed by atoms with E-state index in [0.29, 0.717) is 44.5 Å². The molecular formula is C22H29N3O5S. The first-order valence-corrected chi connectivity index (χ1v) is 12.0. The van der Waals surface area contributed by atoms with Gasteiger partial charge in [-0.25, -0.2) is 8.42 Å². The summed E-state index contributed by atoms with van der Waals surface area (Å²) >= 11 is 0. The molecule has 0 bridgehead atoms. The van der Waals surface area contributed by atoms with Gasteiger partial charge in [0.25, 0.3) is 0 Å². The molecule has 1 aromatic heterocycles. The van der Waals surface area contributed by atoms with Gasteiger partial charge in [0.15, 0.2) is 0 Å². The van der Waals surface area contributed by atoms with E-state index in [2.05, 4.69) is 4.98 Å². The lowest BCUT2D eigenvalue weighted by Crippen LogP contribution is -2.52. The predicted molar refractivity (Wildman–Crippen MR) is 116 cm³/mol. The van der Waals surface area contributed by atoms with Crippen LogP contribution in [0.2, 0.25) is 0 Å². The number of sulfonamides is 1. The van der Waals surface area contributed by atoms with Gasteiger partial charge >= 0.3 is 0 Å². The molecule has 1 amide bonds. The van der Waals surface area contributed by atoms with Crippen LogP contribution in [-0.2, 0) is 24.3 Å². The van der Waals surface area contributed by atoms with Gasteiger partial charge in [0.05, 0.1) is 17.2 Å². The fraction of sp³-hybridized carbons (Fsp3) is 0.545. The molecule has 2 aromatic rings. The highest BCUT2D eigenvalue weighted by molar-refractivity contribution is 7.89. The number of amides is 1. The first kappa shape index (κ1) is 22.1. The molecule has 168 valence electrons. The maximum Gasteiger partial charge on any atom is 0.248 e. The van der Waals surface area contributed by atoms with Crippen molar-refractivity contribution in [2.45, 2.75) is 42.3 Å². The average molecular weight is 448 g/mol. The van der Waals surface area contributed by atoms with Crippen molar-refractivity contribution in [3.63, 3.8) is 0 Å². The van der Waals surface area contributed by atoms with E-state index in [4.69, 9.17) is 9.47 Å². The monoisotopic (exact) mass is 447 g/mol. The third-order valence-electron chi connectivity index (χ3n) is 6.24. The standard InChI is InChI=1S/C22H29N3O5S/c1-24(2)20(26)16-29-18-8-14-30-22(15-18)9-12-25(13-10-22)31(27,28)19-7-3-5-17-6-4-11-23-21(17)19/h3-7,11,18H,8-10,12-16H2,1-2H3. The Balaban J connectivity index is 1.43. The first-order valence-electron chi connectivity index (χ1n) is 10.6. The van der Waals surface area contributed by atoms with Crippen molar-refractivity contribution in [3.05, 3.63) is 36.5 Å². The summed E-state index contributed by atoms with van der Waals surface area (Å²) in [5, 5.41) is 0.805. The highest BCUT2D eigenvalue weighted by Crippen LogP contribution is 2.38. The molecule has 0 saturated carbocycles. The molecule has 2 saturated heterocycles.